The molecule has 2 rings (SSSR count). The molecule has 5 heteroatoms. The van der Waals surface area contributed by atoms with Crippen LogP contribution in [0.15, 0.2) is 18.2 Å². The van der Waals surface area contributed by atoms with Gasteiger partial charge in [-0.15, -0.1) is 0 Å². The molecule has 0 aromatic carbocycles. The Hall–Kier alpha value is -1.11. The number of nitrogens with zero attached hydrogens (tertiary/aromatic N) is 1. The van der Waals surface area contributed by atoms with Crippen LogP contribution >= 0.6 is 22.6 Å². The lowest BCUT2D eigenvalue weighted by molar-refractivity contribution is 0.0594. The molecule has 72 valence electrons. The number of carbonyl (C=O) groups is 1. The Bertz CT molecular complexity index is 493. The predicted molar refractivity (Wildman–Crippen MR) is 60.2 cm³/mol. The second-order valence-corrected chi connectivity index (χ2v) is 3.90. The monoisotopic (exact) mass is 302 g/mol. The van der Waals surface area contributed by atoms with Crippen molar-refractivity contribution in [3.63, 3.8) is 0 Å². The number of carbonyl (C=O) groups excluding carboxylic acids is 1. The van der Waals surface area contributed by atoms with Crippen molar-refractivity contribution in [2.45, 2.75) is 0 Å². The number of aromatic nitrogens is 2. The van der Waals surface area contributed by atoms with Gasteiger partial charge in [0, 0.05) is 0 Å². The first-order valence-electron chi connectivity index (χ1n) is 3.94. The molecule has 0 radical (unpaired) electrons. The second kappa shape index (κ2) is 3.56. The number of esters is 1. The van der Waals surface area contributed by atoms with Crippen LogP contribution in [-0.4, -0.2) is 23.0 Å². The number of rotatable bonds is 1. The van der Waals surface area contributed by atoms with E-state index in [1.54, 1.807) is 6.07 Å². The molecule has 0 fully saturated rings. The number of ether oxygens (including phenoxy) is 1. The number of aromatic amines is 1. The number of fused-ring (bicyclic) bond motifs is 1. The standard InChI is InChI=1S/C9H7IN2O2/c1-14-9(13)6-3-2-5-7(11-6)4-8(10)12-5/h2-4,12H,1H3. The van der Waals surface area contributed by atoms with Crippen LogP contribution in [0.25, 0.3) is 11.0 Å². The van der Waals surface area contributed by atoms with Crippen molar-refractivity contribution in [3.8, 4) is 0 Å². The van der Waals surface area contributed by atoms with Gasteiger partial charge in [0.1, 0.15) is 5.69 Å². The molecule has 4 nitrogen and oxygen atoms in total. The summed E-state index contributed by atoms with van der Waals surface area (Å²) in [6.45, 7) is 0. The van der Waals surface area contributed by atoms with Crippen molar-refractivity contribution in [2.75, 3.05) is 7.11 Å². The number of pyridine rings is 1. The second-order valence-electron chi connectivity index (χ2n) is 2.74. The third kappa shape index (κ3) is 1.59. The molecule has 1 N–H and O–H groups in total. The summed E-state index contributed by atoms with van der Waals surface area (Å²) in [6, 6.07) is 5.33. The molecule has 0 aliphatic carbocycles. The molecule has 0 saturated heterocycles. The summed E-state index contributed by atoms with van der Waals surface area (Å²) in [5.74, 6) is -0.414. The smallest absolute Gasteiger partial charge is 0.356 e. The van der Waals surface area contributed by atoms with Crippen molar-refractivity contribution < 1.29 is 9.53 Å². The highest BCUT2D eigenvalue weighted by molar-refractivity contribution is 14.1. The quantitative estimate of drug-likeness (QED) is 0.647. The number of H-pyrrole nitrogens is 1. The van der Waals surface area contributed by atoms with Gasteiger partial charge in [0.05, 0.1) is 21.8 Å². The lowest BCUT2D eigenvalue weighted by Crippen LogP contribution is -2.03. The van der Waals surface area contributed by atoms with Crippen LogP contribution in [0.2, 0.25) is 0 Å². The molecule has 0 spiro atoms. The van der Waals surface area contributed by atoms with Gasteiger partial charge in [-0.2, -0.15) is 0 Å². The number of halogens is 1. The Morgan fingerprint density at radius 2 is 2.36 bits per heavy atom. The van der Waals surface area contributed by atoms with Gasteiger partial charge in [-0.25, -0.2) is 9.78 Å². The fourth-order valence-electron chi connectivity index (χ4n) is 1.19. The van der Waals surface area contributed by atoms with Crippen LogP contribution in [0.5, 0.6) is 0 Å². The van der Waals surface area contributed by atoms with Gasteiger partial charge < -0.3 is 9.72 Å². The van der Waals surface area contributed by atoms with E-state index in [9.17, 15) is 4.79 Å². The van der Waals surface area contributed by atoms with E-state index in [4.69, 9.17) is 0 Å². The largest absolute Gasteiger partial charge is 0.464 e. The summed E-state index contributed by atoms with van der Waals surface area (Å²) in [5.41, 5.74) is 2.02. The Morgan fingerprint density at radius 1 is 1.57 bits per heavy atom. The summed E-state index contributed by atoms with van der Waals surface area (Å²) < 4.78 is 5.57. The van der Waals surface area contributed by atoms with Crippen LogP contribution in [0.1, 0.15) is 10.5 Å². The summed E-state index contributed by atoms with van der Waals surface area (Å²) in [6.07, 6.45) is 0. The van der Waals surface area contributed by atoms with Crippen molar-refractivity contribution in [2.24, 2.45) is 0 Å². The van der Waals surface area contributed by atoms with Crippen molar-refractivity contribution in [1.29, 1.82) is 0 Å². The first-order chi connectivity index (χ1) is 6.70. The number of hydrogen-bond donors (Lipinski definition) is 1. The first kappa shape index (κ1) is 9.45. The maximum atomic E-state index is 11.2. The summed E-state index contributed by atoms with van der Waals surface area (Å²) in [4.78, 5) is 18.4. The fraction of sp³-hybridized carbons (Fsp3) is 0.111. The van der Waals surface area contributed by atoms with E-state index in [0.29, 0.717) is 5.69 Å². The molecule has 0 aliphatic heterocycles. The van der Waals surface area contributed by atoms with Crippen LogP contribution in [0.4, 0.5) is 0 Å². The molecule has 0 unspecified atom stereocenters. The fourth-order valence-corrected chi connectivity index (χ4v) is 1.78. The van der Waals surface area contributed by atoms with Crippen molar-refractivity contribution >= 4 is 39.6 Å². The molecule has 2 aromatic rings. The highest BCUT2D eigenvalue weighted by Gasteiger charge is 2.08. The van der Waals surface area contributed by atoms with E-state index in [0.717, 1.165) is 14.7 Å². The number of methoxy groups -OCH3 is 1. The zero-order valence-corrected chi connectivity index (χ0v) is 9.53. The van der Waals surface area contributed by atoms with E-state index in [-0.39, 0.29) is 0 Å². The molecule has 0 atom stereocenters. The predicted octanol–water partition coefficient (Wildman–Crippen LogP) is 1.95. The third-order valence-corrected chi connectivity index (χ3v) is 2.42. The molecule has 0 amide bonds. The molecule has 0 saturated carbocycles. The zero-order chi connectivity index (χ0) is 10.1. The van der Waals surface area contributed by atoms with Gasteiger partial charge in [0.15, 0.2) is 0 Å². The molecule has 0 bridgehead atoms. The van der Waals surface area contributed by atoms with Gasteiger partial charge in [-0.05, 0) is 40.8 Å². The Kier molecular flexibility index (Phi) is 2.40. The average Bonchev–Trinajstić information content (AvgIpc) is 2.55. The normalized spacial score (nSPS) is 10.4. The van der Waals surface area contributed by atoms with E-state index < -0.39 is 5.97 Å². The minimum atomic E-state index is -0.414. The van der Waals surface area contributed by atoms with Crippen LogP contribution in [0.3, 0.4) is 0 Å². The van der Waals surface area contributed by atoms with Crippen LogP contribution in [0, 0.1) is 3.70 Å². The zero-order valence-electron chi connectivity index (χ0n) is 7.37. The Labute approximate surface area is 93.8 Å². The van der Waals surface area contributed by atoms with Crippen molar-refractivity contribution in [1.82, 2.24) is 9.97 Å². The molecule has 0 aliphatic rings. The minimum absolute atomic E-state index is 0.329. The van der Waals surface area contributed by atoms with Crippen LogP contribution in [-0.2, 0) is 4.74 Å². The molecular formula is C9H7IN2O2. The highest BCUT2D eigenvalue weighted by Crippen LogP contribution is 2.15. The van der Waals surface area contributed by atoms with Crippen molar-refractivity contribution in [3.05, 3.63) is 27.6 Å². The summed E-state index contributed by atoms with van der Waals surface area (Å²) in [5, 5.41) is 0. The van der Waals surface area contributed by atoms with Crippen LogP contribution < -0.4 is 0 Å². The first-order valence-corrected chi connectivity index (χ1v) is 5.02. The summed E-state index contributed by atoms with van der Waals surface area (Å²) >= 11 is 2.16. The maximum Gasteiger partial charge on any atom is 0.356 e. The number of hydrogen-bond acceptors (Lipinski definition) is 3. The van der Waals surface area contributed by atoms with E-state index in [1.807, 2.05) is 12.1 Å². The maximum absolute atomic E-state index is 11.2. The third-order valence-electron chi connectivity index (χ3n) is 1.84. The Balaban J connectivity index is 2.55. The van der Waals surface area contributed by atoms with E-state index in [2.05, 4.69) is 37.3 Å². The number of nitrogens with one attached hydrogen (secondary N) is 1. The molecule has 14 heavy (non-hydrogen) atoms. The summed E-state index contributed by atoms with van der Waals surface area (Å²) in [7, 11) is 1.34. The average molecular weight is 302 g/mol. The molecule has 2 aromatic heterocycles. The lowest BCUT2D eigenvalue weighted by atomic mass is 10.3. The van der Waals surface area contributed by atoms with E-state index >= 15 is 0 Å². The van der Waals surface area contributed by atoms with Gasteiger partial charge >= 0.3 is 5.97 Å². The van der Waals surface area contributed by atoms with Gasteiger partial charge in [-0.3, -0.25) is 0 Å². The molecular weight excluding hydrogens is 295 g/mol. The Morgan fingerprint density at radius 3 is 3.07 bits per heavy atom. The SMILES string of the molecule is COC(=O)c1ccc2[nH]c(I)cc2n1. The lowest BCUT2D eigenvalue weighted by Gasteiger charge is -1.97. The van der Waals surface area contributed by atoms with Gasteiger partial charge in [-0.1, -0.05) is 0 Å². The van der Waals surface area contributed by atoms with Gasteiger partial charge in [0.25, 0.3) is 0 Å². The minimum Gasteiger partial charge on any atom is -0.464 e. The van der Waals surface area contributed by atoms with Gasteiger partial charge in [0.2, 0.25) is 0 Å². The molecule has 2 heterocycles. The van der Waals surface area contributed by atoms with E-state index in [1.165, 1.54) is 7.11 Å². The highest BCUT2D eigenvalue weighted by atomic mass is 127. The topological polar surface area (TPSA) is 55.0 Å².